The number of benzene rings is 3. The number of nitro benzene ring substituents is 1. The second-order valence-electron chi connectivity index (χ2n) is 8.04. The first kappa shape index (κ1) is 29.3. The highest BCUT2D eigenvalue weighted by molar-refractivity contribution is 8.13. The molecule has 1 saturated heterocycles. The second kappa shape index (κ2) is 14.1. The lowest BCUT2D eigenvalue weighted by molar-refractivity contribution is -0.384. The van der Waals surface area contributed by atoms with Crippen LogP contribution < -0.4 is 14.8 Å². The Bertz CT molecular complexity index is 1330. The van der Waals surface area contributed by atoms with Gasteiger partial charge in [-0.25, -0.2) is 8.42 Å². The molecular weight excluding hydrogens is 557 g/mol. The zero-order valence-corrected chi connectivity index (χ0v) is 22.4. The fourth-order valence-electron chi connectivity index (χ4n) is 3.47. The van der Waals surface area contributed by atoms with E-state index in [1.54, 1.807) is 24.3 Å². The quantitative estimate of drug-likeness (QED) is 0.264. The van der Waals surface area contributed by atoms with E-state index in [4.69, 9.17) is 31.8 Å². The Morgan fingerprint density at radius 3 is 2.16 bits per heavy atom. The second-order valence-corrected chi connectivity index (χ2v) is 11.0. The summed E-state index contributed by atoms with van der Waals surface area (Å²) >= 11 is 5.16. The summed E-state index contributed by atoms with van der Waals surface area (Å²) in [7, 11) is 1.20. The molecular formula is C25H25Cl2N3O7S. The topological polar surface area (TPSA) is 128 Å². The van der Waals surface area contributed by atoms with Gasteiger partial charge >= 0.3 is 0 Å². The number of non-ortho nitro benzene ring substituents is 1. The first-order valence-electron chi connectivity index (χ1n) is 11.4. The number of nitro groups is 1. The minimum atomic E-state index is -3.80. The van der Waals surface area contributed by atoms with Crippen molar-refractivity contribution in [1.82, 2.24) is 10.2 Å². The Hall–Kier alpha value is -3.22. The Balaban J connectivity index is 0.000000165. The van der Waals surface area contributed by atoms with E-state index in [9.17, 15) is 23.3 Å². The monoisotopic (exact) mass is 581 g/mol. The van der Waals surface area contributed by atoms with Crippen molar-refractivity contribution in [3.63, 3.8) is 0 Å². The maximum absolute atomic E-state index is 10.7. The molecule has 13 heteroatoms. The Labute approximate surface area is 229 Å². The smallest absolute Gasteiger partial charge is 0.269 e. The molecule has 0 aromatic heterocycles. The van der Waals surface area contributed by atoms with Gasteiger partial charge in [-0.3, -0.25) is 19.8 Å². The molecule has 38 heavy (non-hydrogen) atoms. The SMILES string of the molecule is O=C(Cl)c1ccccc1.O=[N+]([O-])c1ccc(S(=O)(=O)Cl)cc1.c1cc2c(cc1CN1CCNCC1)OCO2. The highest BCUT2D eigenvalue weighted by Gasteiger charge is 2.15. The summed E-state index contributed by atoms with van der Waals surface area (Å²) in [6, 6.07) is 19.3. The van der Waals surface area contributed by atoms with Crippen molar-refractivity contribution in [2.24, 2.45) is 0 Å². The van der Waals surface area contributed by atoms with Crippen molar-refractivity contribution in [3.05, 3.63) is 94.0 Å². The third-order valence-corrected chi connectivity index (χ3v) is 6.97. The van der Waals surface area contributed by atoms with Gasteiger partial charge in [0.2, 0.25) is 6.79 Å². The average molecular weight is 582 g/mol. The fourth-order valence-corrected chi connectivity index (χ4v) is 4.36. The number of carbonyl (C=O) groups is 1. The lowest BCUT2D eigenvalue weighted by atomic mass is 10.2. The molecule has 3 aromatic rings. The van der Waals surface area contributed by atoms with Crippen LogP contribution in [0.4, 0.5) is 5.69 Å². The van der Waals surface area contributed by atoms with Gasteiger partial charge in [0.15, 0.2) is 11.5 Å². The van der Waals surface area contributed by atoms with E-state index in [0.29, 0.717) is 12.4 Å². The minimum Gasteiger partial charge on any atom is -0.454 e. The van der Waals surface area contributed by atoms with Crippen LogP contribution in [0.5, 0.6) is 11.5 Å². The van der Waals surface area contributed by atoms with Crippen molar-refractivity contribution < 1.29 is 27.6 Å². The minimum absolute atomic E-state index is 0.153. The average Bonchev–Trinajstić information content (AvgIpc) is 3.38. The van der Waals surface area contributed by atoms with Crippen LogP contribution in [-0.2, 0) is 15.6 Å². The lowest BCUT2D eigenvalue weighted by Crippen LogP contribution is -2.42. The molecule has 10 nitrogen and oxygen atoms in total. The Morgan fingerprint density at radius 2 is 1.61 bits per heavy atom. The molecule has 2 aliphatic heterocycles. The predicted molar refractivity (Wildman–Crippen MR) is 143 cm³/mol. The van der Waals surface area contributed by atoms with Crippen molar-refractivity contribution in [1.29, 1.82) is 0 Å². The highest BCUT2D eigenvalue weighted by atomic mass is 35.7. The van der Waals surface area contributed by atoms with Crippen molar-refractivity contribution in [2.45, 2.75) is 11.4 Å². The van der Waals surface area contributed by atoms with E-state index in [1.807, 2.05) is 12.1 Å². The van der Waals surface area contributed by atoms with Crippen LogP contribution in [-0.4, -0.2) is 56.5 Å². The molecule has 0 atom stereocenters. The number of nitrogens with zero attached hydrogens (tertiary/aromatic N) is 2. The van der Waals surface area contributed by atoms with Crippen LogP contribution in [0.15, 0.2) is 77.7 Å². The zero-order valence-electron chi connectivity index (χ0n) is 20.1. The number of piperazine rings is 1. The van der Waals surface area contributed by atoms with Gasteiger partial charge < -0.3 is 14.8 Å². The summed E-state index contributed by atoms with van der Waals surface area (Å²) in [5.74, 6) is 1.75. The Kier molecular flexibility index (Phi) is 10.9. The first-order chi connectivity index (χ1) is 18.1. The molecule has 5 rings (SSSR count). The van der Waals surface area contributed by atoms with E-state index in [2.05, 4.69) is 22.3 Å². The highest BCUT2D eigenvalue weighted by Crippen LogP contribution is 2.32. The molecule has 0 unspecified atom stereocenters. The number of nitrogens with one attached hydrogen (secondary N) is 1. The number of halogens is 2. The summed E-state index contributed by atoms with van der Waals surface area (Å²) < 4.78 is 32.1. The number of fused-ring (bicyclic) bond motifs is 1. The van der Waals surface area contributed by atoms with Gasteiger partial charge in [-0.2, -0.15) is 0 Å². The fraction of sp³-hybridized carbons (Fsp3) is 0.240. The first-order valence-corrected chi connectivity index (χ1v) is 14.1. The molecule has 3 aromatic carbocycles. The van der Waals surface area contributed by atoms with Crippen LogP contribution >= 0.6 is 22.3 Å². The summed E-state index contributed by atoms with van der Waals surface area (Å²) in [6.07, 6.45) is 0. The number of hydrogen-bond donors (Lipinski definition) is 1. The molecule has 0 aliphatic carbocycles. The zero-order chi connectivity index (χ0) is 27.5. The Morgan fingerprint density at radius 1 is 0.974 bits per heavy atom. The molecule has 2 heterocycles. The molecule has 0 bridgehead atoms. The molecule has 0 saturated carbocycles. The van der Waals surface area contributed by atoms with Gasteiger partial charge in [0.25, 0.3) is 20.0 Å². The molecule has 202 valence electrons. The lowest BCUT2D eigenvalue weighted by Gasteiger charge is -2.27. The molecule has 1 fully saturated rings. The van der Waals surface area contributed by atoms with E-state index in [-0.39, 0.29) is 10.6 Å². The standard InChI is InChI=1S/C12H16N2O2.C7H5ClO.C6H4ClNO4S/c1-2-11-12(16-9-15-11)7-10(1)8-14-5-3-13-4-6-14;8-7(9)6-4-2-1-3-5-6;7-13(11,12)6-3-1-5(2-4-6)8(9)10/h1-2,7,13H,3-6,8-9H2;1-5H;1-4H. The van der Waals surface area contributed by atoms with Gasteiger partial charge in [0, 0.05) is 61.1 Å². The summed E-state index contributed by atoms with van der Waals surface area (Å²) in [5, 5.41) is 13.1. The van der Waals surface area contributed by atoms with Gasteiger partial charge in [0.05, 0.1) is 9.82 Å². The molecule has 2 aliphatic rings. The van der Waals surface area contributed by atoms with Gasteiger partial charge in [-0.05, 0) is 41.4 Å². The van der Waals surface area contributed by atoms with Crippen LogP contribution in [0.2, 0.25) is 0 Å². The number of ether oxygens (including phenoxy) is 2. The van der Waals surface area contributed by atoms with Crippen LogP contribution in [0, 0.1) is 10.1 Å². The van der Waals surface area contributed by atoms with E-state index in [0.717, 1.165) is 68.5 Å². The van der Waals surface area contributed by atoms with Crippen LogP contribution in [0.1, 0.15) is 15.9 Å². The van der Waals surface area contributed by atoms with E-state index in [1.165, 1.54) is 5.56 Å². The normalized spacial score (nSPS) is 14.4. The van der Waals surface area contributed by atoms with E-state index < -0.39 is 19.2 Å². The van der Waals surface area contributed by atoms with Crippen LogP contribution in [0.25, 0.3) is 0 Å². The summed E-state index contributed by atoms with van der Waals surface area (Å²) in [6.45, 7) is 5.77. The third-order valence-electron chi connectivity index (χ3n) is 5.38. The largest absolute Gasteiger partial charge is 0.454 e. The summed E-state index contributed by atoms with van der Waals surface area (Å²) in [4.78, 5) is 22.3. The molecule has 1 N–H and O–H groups in total. The van der Waals surface area contributed by atoms with Gasteiger partial charge in [-0.15, -0.1) is 0 Å². The van der Waals surface area contributed by atoms with Crippen LogP contribution in [0.3, 0.4) is 0 Å². The number of carbonyl (C=O) groups excluding carboxylic acids is 1. The molecule has 0 amide bonds. The predicted octanol–water partition coefficient (Wildman–Crippen LogP) is 4.41. The third kappa shape index (κ3) is 9.26. The maximum Gasteiger partial charge on any atom is 0.269 e. The molecule has 0 radical (unpaired) electrons. The molecule has 0 spiro atoms. The maximum atomic E-state index is 10.7. The summed E-state index contributed by atoms with van der Waals surface area (Å²) in [5.41, 5.74) is 1.66. The van der Waals surface area contributed by atoms with Crippen molar-refractivity contribution in [2.75, 3.05) is 33.0 Å². The van der Waals surface area contributed by atoms with Gasteiger partial charge in [0.1, 0.15) is 0 Å². The number of hydrogen-bond acceptors (Lipinski definition) is 9. The number of rotatable bonds is 5. The van der Waals surface area contributed by atoms with Crippen molar-refractivity contribution >= 4 is 42.3 Å². The van der Waals surface area contributed by atoms with Crippen molar-refractivity contribution in [3.8, 4) is 11.5 Å². The van der Waals surface area contributed by atoms with Gasteiger partial charge in [-0.1, -0.05) is 36.4 Å². The van der Waals surface area contributed by atoms with E-state index >= 15 is 0 Å².